The summed E-state index contributed by atoms with van der Waals surface area (Å²) in [7, 11) is 0. The number of hydroxylamine groups is 1. The number of carbonyl (C=O) groups is 1. The molecule has 24 heavy (non-hydrogen) atoms. The van der Waals surface area contributed by atoms with Crippen molar-refractivity contribution in [1.29, 1.82) is 10.7 Å². The van der Waals surface area contributed by atoms with Crippen molar-refractivity contribution in [3.8, 4) is 6.07 Å². The lowest BCUT2D eigenvalue weighted by Crippen LogP contribution is -2.23. The van der Waals surface area contributed by atoms with Gasteiger partial charge in [0, 0.05) is 11.3 Å². The van der Waals surface area contributed by atoms with Crippen molar-refractivity contribution in [3.05, 3.63) is 76.9 Å². The maximum atomic E-state index is 11.6. The molecule has 0 aliphatic heterocycles. The number of hydrogen-bond acceptors (Lipinski definition) is 5. The molecule has 0 saturated carbocycles. The Hall–Kier alpha value is -3.43. The van der Waals surface area contributed by atoms with E-state index in [0.29, 0.717) is 16.7 Å². The molecule has 0 aliphatic carbocycles. The Balaban J connectivity index is 2.47. The van der Waals surface area contributed by atoms with Crippen LogP contribution >= 0.6 is 0 Å². The number of amides is 1. The molecule has 0 aromatic heterocycles. The van der Waals surface area contributed by atoms with Crippen LogP contribution in [0.2, 0.25) is 0 Å². The first kappa shape index (κ1) is 16.9. The van der Waals surface area contributed by atoms with Crippen molar-refractivity contribution in [2.24, 2.45) is 5.73 Å². The number of nitriles is 1. The molecule has 0 atom stereocenters. The van der Waals surface area contributed by atoms with Gasteiger partial charge in [0.2, 0.25) is 5.91 Å². The molecule has 0 saturated heterocycles. The minimum atomic E-state index is -0.665. The lowest BCUT2D eigenvalue weighted by Gasteiger charge is -2.13. The van der Waals surface area contributed by atoms with Crippen LogP contribution in [0, 0.1) is 16.7 Å². The molecule has 120 valence electrons. The summed E-state index contributed by atoms with van der Waals surface area (Å²) in [4.78, 5) is 11.6. The summed E-state index contributed by atoms with van der Waals surface area (Å²) in [5.74, 6) is -0.665. The summed E-state index contributed by atoms with van der Waals surface area (Å²) < 4.78 is 0. The number of rotatable bonds is 5. The molecule has 6 heteroatoms. The van der Waals surface area contributed by atoms with Gasteiger partial charge >= 0.3 is 0 Å². The van der Waals surface area contributed by atoms with Crippen LogP contribution in [0.25, 0.3) is 5.70 Å². The van der Waals surface area contributed by atoms with E-state index in [0.717, 1.165) is 0 Å². The van der Waals surface area contributed by atoms with Gasteiger partial charge in [-0.2, -0.15) is 5.26 Å². The average molecular weight is 320 g/mol. The van der Waals surface area contributed by atoms with Crippen LogP contribution < -0.4 is 11.2 Å². The summed E-state index contributed by atoms with van der Waals surface area (Å²) in [6, 6.07) is 17.4. The molecule has 1 amide bonds. The van der Waals surface area contributed by atoms with E-state index in [4.69, 9.17) is 21.6 Å². The van der Waals surface area contributed by atoms with Gasteiger partial charge in [0.15, 0.2) is 0 Å². The second-order valence-corrected chi connectivity index (χ2v) is 5.03. The molecular formula is C18H16N4O2. The summed E-state index contributed by atoms with van der Waals surface area (Å²) in [5.41, 5.74) is 10.0. The average Bonchev–Trinajstić information content (AvgIpc) is 2.65. The van der Waals surface area contributed by atoms with Crippen LogP contribution in [0.4, 0.5) is 0 Å². The Kier molecular flexibility index (Phi) is 5.45. The second kappa shape index (κ2) is 7.72. The van der Waals surface area contributed by atoms with Crippen molar-refractivity contribution in [1.82, 2.24) is 5.48 Å². The van der Waals surface area contributed by atoms with E-state index >= 15 is 0 Å². The van der Waals surface area contributed by atoms with Crippen molar-refractivity contribution in [3.63, 3.8) is 0 Å². The van der Waals surface area contributed by atoms with Crippen molar-refractivity contribution in [2.45, 2.75) is 6.42 Å². The molecule has 6 nitrogen and oxygen atoms in total. The Morgan fingerprint density at radius 3 is 2.29 bits per heavy atom. The highest BCUT2D eigenvalue weighted by Crippen LogP contribution is 2.20. The molecule has 0 fully saturated rings. The number of hydrogen-bond donors (Lipinski definition) is 4. The van der Waals surface area contributed by atoms with Gasteiger partial charge in [0.05, 0.1) is 23.8 Å². The van der Waals surface area contributed by atoms with E-state index in [1.807, 2.05) is 12.1 Å². The third-order valence-corrected chi connectivity index (χ3v) is 3.48. The second-order valence-electron chi connectivity index (χ2n) is 5.03. The molecule has 0 spiro atoms. The first-order valence-corrected chi connectivity index (χ1v) is 7.13. The summed E-state index contributed by atoms with van der Waals surface area (Å²) in [6.45, 7) is 0. The van der Waals surface area contributed by atoms with Crippen LogP contribution in [-0.2, 0) is 4.79 Å². The molecule has 2 rings (SSSR count). The predicted octanol–water partition coefficient (Wildman–Crippen LogP) is 2.19. The van der Waals surface area contributed by atoms with Gasteiger partial charge in [-0.1, -0.05) is 42.5 Å². The largest absolute Gasteiger partial charge is 0.398 e. The first-order valence-electron chi connectivity index (χ1n) is 7.13. The summed E-state index contributed by atoms with van der Waals surface area (Å²) >= 11 is 0. The maximum Gasteiger partial charge on any atom is 0.247 e. The normalized spacial score (nSPS) is 11.2. The zero-order valence-electron chi connectivity index (χ0n) is 12.8. The fourth-order valence-electron chi connectivity index (χ4n) is 2.20. The molecule has 0 radical (unpaired) electrons. The van der Waals surface area contributed by atoms with Crippen LogP contribution in [-0.4, -0.2) is 16.8 Å². The van der Waals surface area contributed by atoms with E-state index in [-0.39, 0.29) is 23.4 Å². The fourth-order valence-corrected chi connectivity index (χ4v) is 2.20. The van der Waals surface area contributed by atoms with E-state index in [9.17, 15) is 4.79 Å². The maximum absolute atomic E-state index is 11.6. The Morgan fingerprint density at radius 1 is 1.12 bits per heavy atom. The molecule has 2 aromatic rings. The van der Waals surface area contributed by atoms with E-state index < -0.39 is 5.91 Å². The topological polar surface area (TPSA) is 123 Å². The molecule has 0 heterocycles. The van der Waals surface area contributed by atoms with Crippen molar-refractivity contribution in [2.75, 3.05) is 0 Å². The highest BCUT2D eigenvalue weighted by atomic mass is 16.5. The number of carbonyl (C=O) groups excluding carboxylic acids is 1. The molecule has 0 aliphatic rings. The predicted molar refractivity (Wildman–Crippen MR) is 90.1 cm³/mol. The lowest BCUT2D eigenvalue weighted by atomic mass is 9.94. The van der Waals surface area contributed by atoms with E-state index in [2.05, 4.69) is 0 Å². The highest BCUT2D eigenvalue weighted by molar-refractivity contribution is 6.16. The van der Waals surface area contributed by atoms with Crippen LogP contribution in [0.1, 0.15) is 23.1 Å². The van der Waals surface area contributed by atoms with Crippen molar-refractivity contribution < 1.29 is 10.0 Å². The SMILES string of the molecule is N#Cc1ccc(C(=N)/C(CC(=O)NO)=C(\N)c2ccccc2)cc1. The minimum absolute atomic E-state index is 0.0597. The van der Waals surface area contributed by atoms with Gasteiger partial charge in [-0.05, 0) is 23.3 Å². The zero-order valence-corrected chi connectivity index (χ0v) is 12.8. The first-order chi connectivity index (χ1) is 11.6. The Bertz CT molecular complexity index is 818. The number of nitrogens with zero attached hydrogens (tertiary/aromatic N) is 1. The highest BCUT2D eigenvalue weighted by Gasteiger charge is 2.17. The van der Waals surface area contributed by atoms with Gasteiger partial charge in [-0.3, -0.25) is 15.4 Å². The lowest BCUT2D eigenvalue weighted by molar-refractivity contribution is -0.128. The molecule has 0 unspecified atom stereocenters. The molecule has 0 bridgehead atoms. The van der Waals surface area contributed by atoms with Crippen LogP contribution in [0.15, 0.2) is 60.2 Å². The smallest absolute Gasteiger partial charge is 0.247 e. The Labute approximate surface area is 139 Å². The van der Waals surface area contributed by atoms with Gasteiger partial charge in [-0.15, -0.1) is 0 Å². The summed E-state index contributed by atoms with van der Waals surface area (Å²) in [6.07, 6.45) is -0.240. The molecule has 5 N–H and O–H groups in total. The summed E-state index contributed by atoms with van der Waals surface area (Å²) in [5, 5.41) is 26.0. The van der Waals surface area contributed by atoms with E-state index in [1.54, 1.807) is 54.0 Å². The molecular weight excluding hydrogens is 304 g/mol. The third kappa shape index (κ3) is 3.85. The standard InChI is InChI=1S/C18H16N4O2/c19-11-12-6-8-14(9-7-12)18(21)15(10-16(23)22-24)17(20)13-4-2-1-3-5-13/h1-9,21,24H,10,20H2,(H,22,23)/b17-15-,21-18?. The van der Waals surface area contributed by atoms with Gasteiger partial charge in [-0.25, -0.2) is 5.48 Å². The van der Waals surface area contributed by atoms with Crippen LogP contribution in [0.3, 0.4) is 0 Å². The monoisotopic (exact) mass is 320 g/mol. The van der Waals surface area contributed by atoms with Gasteiger partial charge < -0.3 is 5.73 Å². The van der Waals surface area contributed by atoms with E-state index in [1.165, 1.54) is 0 Å². The quantitative estimate of drug-likeness (QED) is 0.383. The zero-order chi connectivity index (χ0) is 17.5. The minimum Gasteiger partial charge on any atom is -0.398 e. The fraction of sp³-hybridized carbons (Fsp3) is 0.0556. The van der Waals surface area contributed by atoms with Gasteiger partial charge in [0.25, 0.3) is 0 Å². The van der Waals surface area contributed by atoms with Gasteiger partial charge in [0.1, 0.15) is 0 Å². The number of benzene rings is 2. The number of nitrogens with one attached hydrogen (secondary N) is 2. The van der Waals surface area contributed by atoms with Crippen molar-refractivity contribution >= 4 is 17.3 Å². The Morgan fingerprint density at radius 2 is 1.75 bits per heavy atom. The van der Waals surface area contributed by atoms with Crippen LogP contribution in [0.5, 0.6) is 0 Å². The third-order valence-electron chi connectivity index (χ3n) is 3.48. The number of nitrogens with two attached hydrogens (primary N) is 1. The molecule has 2 aromatic carbocycles.